The van der Waals surface area contributed by atoms with Crippen LogP contribution in [0.1, 0.15) is 30.1 Å². The molecular formula is C19H20ClN3O. The zero-order valence-corrected chi connectivity index (χ0v) is 14.2. The number of carbonyl (C=O) groups excluding carboxylic acids is 1. The Kier molecular flexibility index (Phi) is 4.02. The van der Waals surface area contributed by atoms with E-state index in [1.54, 1.807) is 6.20 Å². The van der Waals surface area contributed by atoms with Crippen molar-refractivity contribution in [2.45, 2.75) is 25.4 Å². The highest BCUT2D eigenvalue weighted by atomic mass is 35.5. The number of nitrogens with one attached hydrogen (secondary N) is 1. The van der Waals surface area contributed by atoms with Crippen LogP contribution in [0.3, 0.4) is 0 Å². The predicted octanol–water partition coefficient (Wildman–Crippen LogP) is 3.19. The van der Waals surface area contributed by atoms with Gasteiger partial charge in [0.1, 0.15) is 0 Å². The summed E-state index contributed by atoms with van der Waals surface area (Å²) in [4.78, 5) is 19.6. The third kappa shape index (κ3) is 2.41. The van der Waals surface area contributed by atoms with Crippen molar-refractivity contribution in [3.05, 3.63) is 64.9 Å². The smallest absolute Gasteiger partial charge is 0.232 e. The minimum atomic E-state index is -0.305. The SMILES string of the molecule is O=C1N(Cc2ccccc2Cl)C(c2ccccn2)C12CCNCC2. The summed E-state index contributed by atoms with van der Waals surface area (Å²) in [5.74, 6) is 0.236. The Morgan fingerprint density at radius 1 is 1.17 bits per heavy atom. The van der Waals surface area contributed by atoms with Crippen LogP contribution < -0.4 is 5.32 Å². The number of rotatable bonds is 3. The summed E-state index contributed by atoms with van der Waals surface area (Å²) >= 11 is 6.30. The molecule has 1 amide bonds. The minimum absolute atomic E-state index is 0.0320. The van der Waals surface area contributed by atoms with Gasteiger partial charge in [-0.1, -0.05) is 35.9 Å². The Bertz CT molecular complexity index is 743. The molecule has 2 aliphatic heterocycles. The number of benzene rings is 1. The molecule has 1 N–H and O–H groups in total. The molecule has 1 atom stereocenters. The van der Waals surface area contributed by atoms with Crippen LogP contribution in [0.5, 0.6) is 0 Å². The Hall–Kier alpha value is -1.91. The van der Waals surface area contributed by atoms with Crippen molar-refractivity contribution in [1.82, 2.24) is 15.2 Å². The highest BCUT2D eigenvalue weighted by Crippen LogP contribution is 2.55. The van der Waals surface area contributed by atoms with Gasteiger partial charge < -0.3 is 10.2 Å². The summed E-state index contributed by atoms with van der Waals surface area (Å²) in [7, 11) is 0. The average molecular weight is 342 g/mol. The fraction of sp³-hybridized carbons (Fsp3) is 0.368. The van der Waals surface area contributed by atoms with Gasteiger partial charge in [-0.2, -0.15) is 0 Å². The van der Waals surface area contributed by atoms with Gasteiger partial charge in [0.15, 0.2) is 0 Å². The van der Waals surface area contributed by atoms with Crippen molar-refractivity contribution >= 4 is 17.5 Å². The molecule has 2 saturated heterocycles. The topological polar surface area (TPSA) is 45.2 Å². The third-order valence-corrected chi connectivity index (χ3v) is 5.65. The molecule has 0 bridgehead atoms. The number of hydrogen-bond acceptors (Lipinski definition) is 3. The van der Waals surface area contributed by atoms with Crippen LogP contribution in [0.4, 0.5) is 0 Å². The molecule has 4 nitrogen and oxygen atoms in total. The first kappa shape index (κ1) is 15.6. The molecule has 0 saturated carbocycles. The summed E-state index contributed by atoms with van der Waals surface area (Å²) in [5.41, 5.74) is 1.66. The summed E-state index contributed by atoms with van der Waals surface area (Å²) in [6.07, 6.45) is 3.54. The van der Waals surface area contributed by atoms with Crippen LogP contribution in [-0.2, 0) is 11.3 Å². The van der Waals surface area contributed by atoms with Gasteiger partial charge in [-0.3, -0.25) is 9.78 Å². The number of piperidine rings is 1. The first-order valence-electron chi connectivity index (χ1n) is 8.38. The van der Waals surface area contributed by atoms with E-state index in [2.05, 4.69) is 10.3 Å². The van der Waals surface area contributed by atoms with Crippen molar-refractivity contribution in [1.29, 1.82) is 0 Å². The Labute approximate surface area is 146 Å². The molecule has 1 spiro atoms. The monoisotopic (exact) mass is 341 g/mol. The van der Waals surface area contributed by atoms with E-state index in [9.17, 15) is 4.79 Å². The van der Waals surface area contributed by atoms with Crippen molar-refractivity contribution in [3.8, 4) is 0 Å². The molecule has 1 aromatic carbocycles. The molecule has 2 fully saturated rings. The van der Waals surface area contributed by atoms with E-state index < -0.39 is 0 Å². The molecule has 0 aliphatic carbocycles. The van der Waals surface area contributed by atoms with Crippen molar-refractivity contribution in [3.63, 3.8) is 0 Å². The lowest BCUT2D eigenvalue weighted by molar-refractivity contribution is -0.179. The maximum Gasteiger partial charge on any atom is 0.232 e. The van der Waals surface area contributed by atoms with Gasteiger partial charge in [-0.15, -0.1) is 0 Å². The second-order valence-electron chi connectivity index (χ2n) is 6.59. The number of aromatic nitrogens is 1. The van der Waals surface area contributed by atoms with Gasteiger partial charge in [0, 0.05) is 17.8 Å². The quantitative estimate of drug-likeness (QED) is 0.872. The number of nitrogens with zero attached hydrogens (tertiary/aromatic N) is 2. The lowest BCUT2D eigenvalue weighted by Crippen LogP contribution is -2.65. The van der Waals surface area contributed by atoms with Gasteiger partial charge >= 0.3 is 0 Å². The zero-order chi connectivity index (χ0) is 16.6. The van der Waals surface area contributed by atoms with Gasteiger partial charge in [0.2, 0.25) is 5.91 Å². The molecule has 124 valence electrons. The van der Waals surface area contributed by atoms with E-state index in [0.717, 1.165) is 37.2 Å². The molecule has 1 unspecified atom stereocenters. The number of pyridine rings is 1. The van der Waals surface area contributed by atoms with Gasteiger partial charge in [-0.25, -0.2) is 0 Å². The molecule has 2 aromatic rings. The second-order valence-corrected chi connectivity index (χ2v) is 6.99. The van der Waals surface area contributed by atoms with E-state index in [4.69, 9.17) is 11.6 Å². The number of carbonyl (C=O) groups is 1. The maximum atomic E-state index is 13.1. The van der Waals surface area contributed by atoms with Crippen LogP contribution in [-0.4, -0.2) is 28.9 Å². The summed E-state index contributed by atoms with van der Waals surface area (Å²) in [5, 5.41) is 4.07. The number of likely N-dealkylation sites (tertiary alicyclic amines) is 1. The van der Waals surface area contributed by atoms with E-state index in [-0.39, 0.29) is 17.4 Å². The number of hydrogen-bond donors (Lipinski definition) is 1. The van der Waals surface area contributed by atoms with Gasteiger partial charge in [0.05, 0.1) is 17.2 Å². The Morgan fingerprint density at radius 2 is 1.92 bits per heavy atom. The average Bonchev–Trinajstić information content (AvgIpc) is 2.64. The van der Waals surface area contributed by atoms with Gasteiger partial charge in [0.25, 0.3) is 0 Å². The van der Waals surface area contributed by atoms with Crippen LogP contribution in [0.15, 0.2) is 48.7 Å². The van der Waals surface area contributed by atoms with Crippen LogP contribution >= 0.6 is 11.6 Å². The third-order valence-electron chi connectivity index (χ3n) is 5.28. The van der Waals surface area contributed by atoms with Crippen LogP contribution in [0, 0.1) is 5.41 Å². The normalized spacial score (nSPS) is 22.5. The molecule has 2 aliphatic rings. The van der Waals surface area contributed by atoms with Crippen molar-refractivity contribution < 1.29 is 4.79 Å². The standard InChI is InChI=1S/C19H20ClN3O/c20-15-6-2-1-5-14(15)13-23-17(16-7-3-4-10-22-16)19(18(23)24)8-11-21-12-9-19/h1-7,10,17,21H,8-9,11-13H2. The Morgan fingerprint density at radius 3 is 2.62 bits per heavy atom. The summed E-state index contributed by atoms with van der Waals surface area (Å²) < 4.78 is 0. The molecule has 1 aromatic heterocycles. The van der Waals surface area contributed by atoms with Gasteiger partial charge in [-0.05, 0) is 49.7 Å². The zero-order valence-electron chi connectivity index (χ0n) is 13.4. The molecule has 24 heavy (non-hydrogen) atoms. The van der Waals surface area contributed by atoms with Crippen molar-refractivity contribution in [2.75, 3.05) is 13.1 Å². The molecule has 3 heterocycles. The highest BCUT2D eigenvalue weighted by Gasteiger charge is 2.61. The van der Waals surface area contributed by atoms with E-state index in [1.165, 1.54) is 0 Å². The lowest BCUT2D eigenvalue weighted by Gasteiger charge is -2.57. The molecule has 5 heteroatoms. The van der Waals surface area contributed by atoms with E-state index >= 15 is 0 Å². The minimum Gasteiger partial charge on any atom is -0.328 e. The summed E-state index contributed by atoms with van der Waals surface area (Å²) in [6.45, 7) is 2.30. The maximum absolute atomic E-state index is 13.1. The first-order valence-corrected chi connectivity index (χ1v) is 8.76. The Balaban J connectivity index is 1.68. The number of halogens is 1. The molecule has 4 rings (SSSR count). The van der Waals surface area contributed by atoms with Crippen LogP contribution in [0.25, 0.3) is 0 Å². The fourth-order valence-corrected chi connectivity index (χ4v) is 4.26. The molecular weight excluding hydrogens is 322 g/mol. The number of β-lactam (4-membered cyclic amide) rings is 1. The molecule has 0 radical (unpaired) electrons. The largest absolute Gasteiger partial charge is 0.328 e. The predicted molar refractivity (Wildman–Crippen MR) is 93.5 cm³/mol. The van der Waals surface area contributed by atoms with E-state index in [0.29, 0.717) is 11.6 Å². The van der Waals surface area contributed by atoms with Crippen LogP contribution in [0.2, 0.25) is 5.02 Å². The lowest BCUT2D eigenvalue weighted by atomic mass is 9.63. The summed E-state index contributed by atoms with van der Waals surface area (Å²) in [6, 6.07) is 13.7. The highest BCUT2D eigenvalue weighted by molar-refractivity contribution is 6.31. The van der Waals surface area contributed by atoms with Crippen molar-refractivity contribution in [2.24, 2.45) is 5.41 Å². The fourth-order valence-electron chi connectivity index (χ4n) is 4.07. The second kappa shape index (κ2) is 6.19. The number of amides is 1. The van der Waals surface area contributed by atoms with E-state index in [1.807, 2.05) is 47.4 Å². The first-order chi connectivity index (χ1) is 11.7.